The van der Waals surface area contributed by atoms with E-state index >= 15 is 0 Å². The van der Waals surface area contributed by atoms with Crippen molar-refractivity contribution in [2.45, 2.75) is 26.5 Å². The van der Waals surface area contributed by atoms with Gasteiger partial charge in [0.2, 0.25) is 0 Å². The Morgan fingerprint density at radius 3 is 2.68 bits per heavy atom. The Bertz CT molecular complexity index is 720. The van der Waals surface area contributed by atoms with Crippen LogP contribution in [-0.4, -0.2) is 30.9 Å². The van der Waals surface area contributed by atoms with Gasteiger partial charge in [0.05, 0.1) is 18.4 Å². The Balaban J connectivity index is 1.97. The standard InChI is InChI=1S/C18H21N3O/c1-12(2)22-15-6-5-14-11-20-18(16(14)10-15)13-7-8-19-17(9-13)21(3)4/h5-10,12H,11H2,1-4H3. The third-order valence-electron chi connectivity index (χ3n) is 3.59. The van der Waals surface area contributed by atoms with Gasteiger partial charge in [0.25, 0.3) is 0 Å². The first-order valence-electron chi connectivity index (χ1n) is 7.53. The Labute approximate surface area is 131 Å². The average molecular weight is 295 g/mol. The predicted molar refractivity (Wildman–Crippen MR) is 90.1 cm³/mol. The molecule has 22 heavy (non-hydrogen) atoms. The molecule has 2 aromatic rings. The van der Waals surface area contributed by atoms with E-state index in [-0.39, 0.29) is 6.10 Å². The number of pyridine rings is 1. The third kappa shape index (κ3) is 2.82. The van der Waals surface area contributed by atoms with Crippen LogP contribution in [0.3, 0.4) is 0 Å². The monoisotopic (exact) mass is 295 g/mol. The van der Waals surface area contributed by atoms with Crippen molar-refractivity contribution in [2.24, 2.45) is 4.99 Å². The summed E-state index contributed by atoms with van der Waals surface area (Å²) in [6, 6.07) is 10.3. The molecule has 0 fully saturated rings. The van der Waals surface area contributed by atoms with Crippen LogP contribution in [0.5, 0.6) is 5.75 Å². The summed E-state index contributed by atoms with van der Waals surface area (Å²) in [6.45, 7) is 4.80. The van der Waals surface area contributed by atoms with Gasteiger partial charge in [0.1, 0.15) is 11.6 Å². The molecule has 1 aliphatic heterocycles. The summed E-state index contributed by atoms with van der Waals surface area (Å²) < 4.78 is 5.81. The summed E-state index contributed by atoms with van der Waals surface area (Å²) in [5, 5.41) is 0. The minimum Gasteiger partial charge on any atom is -0.491 e. The van der Waals surface area contributed by atoms with Gasteiger partial charge >= 0.3 is 0 Å². The van der Waals surface area contributed by atoms with Gasteiger partial charge in [-0.3, -0.25) is 4.99 Å². The molecule has 1 aromatic heterocycles. The highest BCUT2D eigenvalue weighted by Crippen LogP contribution is 2.28. The maximum Gasteiger partial charge on any atom is 0.128 e. The van der Waals surface area contributed by atoms with E-state index in [0.717, 1.165) is 35.0 Å². The summed E-state index contributed by atoms with van der Waals surface area (Å²) in [7, 11) is 3.98. The summed E-state index contributed by atoms with van der Waals surface area (Å²) >= 11 is 0. The molecule has 0 aliphatic carbocycles. The van der Waals surface area contributed by atoms with Crippen LogP contribution in [-0.2, 0) is 6.54 Å². The summed E-state index contributed by atoms with van der Waals surface area (Å²) in [5.74, 6) is 1.83. The number of rotatable bonds is 4. The van der Waals surface area contributed by atoms with Crippen molar-refractivity contribution >= 4 is 11.5 Å². The largest absolute Gasteiger partial charge is 0.491 e. The number of fused-ring (bicyclic) bond motifs is 1. The van der Waals surface area contributed by atoms with Crippen molar-refractivity contribution in [1.29, 1.82) is 0 Å². The Kier molecular flexibility index (Phi) is 3.84. The van der Waals surface area contributed by atoms with Crippen LogP contribution in [0.1, 0.15) is 30.5 Å². The van der Waals surface area contributed by atoms with Gasteiger partial charge in [0.15, 0.2) is 0 Å². The molecule has 114 valence electrons. The number of aromatic nitrogens is 1. The minimum absolute atomic E-state index is 0.168. The molecular weight excluding hydrogens is 274 g/mol. The number of hydrogen-bond donors (Lipinski definition) is 0. The van der Waals surface area contributed by atoms with Crippen molar-refractivity contribution in [3.8, 4) is 5.75 Å². The Morgan fingerprint density at radius 2 is 1.95 bits per heavy atom. The number of aliphatic imine (C=N–C) groups is 1. The molecule has 0 spiro atoms. The van der Waals surface area contributed by atoms with Crippen LogP contribution in [0.15, 0.2) is 41.5 Å². The lowest BCUT2D eigenvalue weighted by Gasteiger charge is -2.14. The predicted octanol–water partition coefficient (Wildman–Crippen LogP) is 3.29. The van der Waals surface area contributed by atoms with Gasteiger partial charge in [0, 0.05) is 31.4 Å². The molecule has 0 bridgehead atoms. The van der Waals surface area contributed by atoms with E-state index in [1.807, 2.05) is 51.2 Å². The number of ether oxygens (including phenoxy) is 1. The second-order valence-corrected chi connectivity index (χ2v) is 5.95. The molecule has 0 saturated heterocycles. The second kappa shape index (κ2) is 5.79. The van der Waals surface area contributed by atoms with E-state index in [2.05, 4.69) is 23.2 Å². The van der Waals surface area contributed by atoms with Gasteiger partial charge < -0.3 is 9.64 Å². The van der Waals surface area contributed by atoms with Crippen LogP contribution in [0.2, 0.25) is 0 Å². The second-order valence-electron chi connectivity index (χ2n) is 5.95. The van der Waals surface area contributed by atoms with E-state index in [1.165, 1.54) is 5.56 Å². The fourth-order valence-corrected chi connectivity index (χ4v) is 2.57. The first-order valence-corrected chi connectivity index (χ1v) is 7.53. The molecule has 2 heterocycles. The summed E-state index contributed by atoms with van der Waals surface area (Å²) in [5.41, 5.74) is 4.53. The lowest BCUT2D eigenvalue weighted by atomic mass is 10.0. The van der Waals surface area contributed by atoms with E-state index in [1.54, 1.807) is 0 Å². The van der Waals surface area contributed by atoms with Crippen LogP contribution in [0.4, 0.5) is 5.82 Å². The quantitative estimate of drug-likeness (QED) is 0.868. The molecule has 0 radical (unpaired) electrons. The van der Waals surface area contributed by atoms with Gasteiger partial charge in [-0.25, -0.2) is 4.98 Å². The van der Waals surface area contributed by atoms with E-state index in [9.17, 15) is 0 Å². The maximum absolute atomic E-state index is 5.81. The van der Waals surface area contributed by atoms with Gasteiger partial charge in [-0.05, 0) is 43.7 Å². The Morgan fingerprint density at radius 1 is 1.14 bits per heavy atom. The lowest BCUT2D eigenvalue weighted by Crippen LogP contribution is -2.12. The minimum atomic E-state index is 0.168. The van der Waals surface area contributed by atoms with E-state index in [4.69, 9.17) is 9.73 Å². The number of hydrogen-bond acceptors (Lipinski definition) is 4. The number of anilines is 1. The van der Waals surface area contributed by atoms with Crippen LogP contribution >= 0.6 is 0 Å². The molecule has 3 rings (SSSR count). The molecule has 0 amide bonds. The SMILES string of the molecule is CC(C)Oc1ccc2c(c1)C(c1ccnc(N(C)C)c1)=NC2. The zero-order valence-corrected chi connectivity index (χ0v) is 13.5. The molecule has 0 unspecified atom stereocenters. The molecule has 0 atom stereocenters. The zero-order chi connectivity index (χ0) is 15.7. The molecule has 1 aromatic carbocycles. The molecule has 4 heteroatoms. The van der Waals surface area contributed by atoms with Crippen LogP contribution < -0.4 is 9.64 Å². The topological polar surface area (TPSA) is 37.7 Å². The fraction of sp³-hybridized carbons (Fsp3) is 0.333. The number of benzene rings is 1. The van der Waals surface area contributed by atoms with E-state index < -0.39 is 0 Å². The van der Waals surface area contributed by atoms with Crippen molar-refractivity contribution in [3.05, 3.63) is 53.2 Å². The highest BCUT2D eigenvalue weighted by atomic mass is 16.5. The summed E-state index contributed by atoms with van der Waals surface area (Å²) in [6.07, 6.45) is 2.00. The molecule has 4 nitrogen and oxygen atoms in total. The number of nitrogens with zero attached hydrogens (tertiary/aromatic N) is 3. The van der Waals surface area contributed by atoms with Gasteiger partial charge in [-0.2, -0.15) is 0 Å². The first-order chi connectivity index (χ1) is 10.5. The maximum atomic E-state index is 5.81. The highest BCUT2D eigenvalue weighted by Gasteiger charge is 2.19. The smallest absolute Gasteiger partial charge is 0.128 e. The fourth-order valence-electron chi connectivity index (χ4n) is 2.57. The normalized spacial score (nSPS) is 13.0. The molecule has 0 saturated carbocycles. The van der Waals surface area contributed by atoms with Crippen molar-refractivity contribution < 1.29 is 4.74 Å². The third-order valence-corrected chi connectivity index (χ3v) is 3.59. The Hall–Kier alpha value is -2.36. The molecule has 1 aliphatic rings. The average Bonchev–Trinajstić information content (AvgIpc) is 2.90. The zero-order valence-electron chi connectivity index (χ0n) is 13.5. The van der Waals surface area contributed by atoms with Gasteiger partial charge in [-0.15, -0.1) is 0 Å². The van der Waals surface area contributed by atoms with E-state index in [0.29, 0.717) is 0 Å². The highest BCUT2D eigenvalue weighted by molar-refractivity contribution is 6.15. The van der Waals surface area contributed by atoms with Crippen molar-refractivity contribution in [1.82, 2.24) is 4.98 Å². The molecule has 0 N–H and O–H groups in total. The van der Waals surface area contributed by atoms with Crippen molar-refractivity contribution in [2.75, 3.05) is 19.0 Å². The van der Waals surface area contributed by atoms with Crippen molar-refractivity contribution in [3.63, 3.8) is 0 Å². The first kappa shape index (κ1) is 14.6. The van der Waals surface area contributed by atoms with Crippen LogP contribution in [0.25, 0.3) is 0 Å². The summed E-state index contributed by atoms with van der Waals surface area (Å²) in [4.78, 5) is 11.1. The van der Waals surface area contributed by atoms with Crippen LogP contribution in [0, 0.1) is 0 Å². The van der Waals surface area contributed by atoms with Gasteiger partial charge in [-0.1, -0.05) is 6.07 Å². The lowest BCUT2D eigenvalue weighted by molar-refractivity contribution is 0.242. The molecular formula is C18H21N3O.